The van der Waals surface area contributed by atoms with Crippen molar-refractivity contribution >= 4 is 11.9 Å². The van der Waals surface area contributed by atoms with Gasteiger partial charge in [0.25, 0.3) is 0 Å². The van der Waals surface area contributed by atoms with Gasteiger partial charge in [0.1, 0.15) is 0 Å². The third-order valence-electron chi connectivity index (χ3n) is 4.54. The number of piperazine rings is 1. The summed E-state index contributed by atoms with van der Waals surface area (Å²) in [5.74, 6) is 1.96. The molecule has 1 saturated carbocycles. The van der Waals surface area contributed by atoms with Crippen molar-refractivity contribution in [2.75, 3.05) is 53.9 Å². The molecule has 1 unspecified atom stereocenters. The largest absolute Gasteiger partial charge is 0.355 e. The highest BCUT2D eigenvalue weighted by atomic mass is 16.2. The molecule has 6 nitrogen and oxygen atoms in total. The van der Waals surface area contributed by atoms with Crippen LogP contribution < -0.4 is 5.32 Å². The van der Waals surface area contributed by atoms with Crippen molar-refractivity contribution in [3.63, 3.8) is 0 Å². The number of nitrogens with one attached hydrogen (secondary N) is 1. The smallest absolute Gasteiger partial charge is 0.219 e. The predicted molar refractivity (Wildman–Crippen MR) is 85.4 cm³/mol. The van der Waals surface area contributed by atoms with Gasteiger partial charge in [0.2, 0.25) is 5.91 Å². The van der Waals surface area contributed by atoms with E-state index in [9.17, 15) is 4.79 Å². The van der Waals surface area contributed by atoms with Gasteiger partial charge < -0.3 is 20.0 Å². The molecular weight excluding hydrogens is 266 g/mol. The molecule has 1 N–H and O–H groups in total. The standard InChI is InChI=1S/C15H29N5O/c1-12(21)19-7-9-20(10-8-19)15(16-2)17-11-14(18(3)4)13-5-6-13/h13-14H,5-11H2,1-4H3,(H,16,17). The highest BCUT2D eigenvalue weighted by Gasteiger charge is 2.33. The highest BCUT2D eigenvalue weighted by Crippen LogP contribution is 2.34. The topological polar surface area (TPSA) is 51.2 Å². The Kier molecular flexibility index (Phi) is 5.45. The van der Waals surface area contributed by atoms with E-state index in [1.807, 2.05) is 11.9 Å². The number of carbonyl (C=O) groups excluding carboxylic acids is 1. The van der Waals surface area contributed by atoms with Crippen molar-refractivity contribution in [3.8, 4) is 0 Å². The first kappa shape index (κ1) is 16.1. The number of nitrogens with zero attached hydrogens (tertiary/aromatic N) is 4. The molecule has 1 atom stereocenters. The molecule has 1 saturated heterocycles. The zero-order valence-corrected chi connectivity index (χ0v) is 13.8. The molecule has 0 aromatic carbocycles. The van der Waals surface area contributed by atoms with Gasteiger partial charge >= 0.3 is 0 Å². The monoisotopic (exact) mass is 295 g/mol. The molecule has 2 rings (SSSR count). The van der Waals surface area contributed by atoms with Gasteiger partial charge in [-0.05, 0) is 32.9 Å². The van der Waals surface area contributed by atoms with Gasteiger partial charge in [-0.2, -0.15) is 0 Å². The zero-order valence-electron chi connectivity index (χ0n) is 13.8. The fraction of sp³-hybridized carbons (Fsp3) is 0.867. The number of carbonyl (C=O) groups is 1. The van der Waals surface area contributed by atoms with E-state index >= 15 is 0 Å². The van der Waals surface area contributed by atoms with Crippen LogP contribution in [0.5, 0.6) is 0 Å². The van der Waals surface area contributed by atoms with Gasteiger partial charge in [-0.15, -0.1) is 0 Å². The van der Waals surface area contributed by atoms with Crippen LogP contribution in [0.25, 0.3) is 0 Å². The molecule has 120 valence electrons. The first-order valence-corrected chi connectivity index (χ1v) is 7.90. The summed E-state index contributed by atoms with van der Waals surface area (Å²) in [6.45, 7) is 5.87. The van der Waals surface area contributed by atoms with Gasteiger partial charge in [-0.3, -0.25) is 9.79 Å². The third kappa shape index (κ3) is 4.33. The predicted octanol–water partition coefficient (Wildman–Crippen LogP) is 0.0661. The maximum atomic E-state index is 11.4. The van der Waals surface area contributed by atoms with Crippen molar-refractivity contribution < 1.29 is 4.79 Å². The molecule has 0 aromatic heterocycles. The molecule has 1 amide bonds. The van der Waals surface area contributed by atoms with Crippen LogP contribution in [0.15, 0.2) is 4.99 Å². The highest BCUT2D eigenvalue weighted by molar-refractivity contribution is 5.80. The summed E-state index contributed by atoms with van der Waals surface area (Å²) in [4.78, 5) is 22.2. The van der Waals surface area contributed by atoms with Gasteiger partial charge in [0.15, 0.2) is 5.96 Å². The van der Waals surface area contributed by atoms with Crippen LogP contribution in [-0.2, 0) is 4.79 Å². The normalized spacial score (nSPS) is 21.7. The van der Waals surface area contributed by atoms with Crippen LogP contribution in [0.4, 0.5) is 0 Å². The van der Waals surface area contributed by atoms with Crippen LogP contribution in [-0.4, -0.2) is 86.5 Å². The van der Waals surface area contributed by atoms with Gasteiger partial charge in [-0.25, -0.2) is 0 Å². The van der Waals surface area contributed by atoms with E-state index in [2.05, 4.69) is 34.2 Å². The van der Waals surface area contributed by atoms with Crippen LogP contribution in [0, 0.1) is 5.92 Å². The average Bonchev–Trinajstić information content (AvgIpc) is 3.28. The number of amides is 1. The number of aliphatic imine (C=N–C) groups is 1. The van der Waals surface area contributed by atoms with Gasteiger partial charge in [0.05, 0.1) is 0 Å². The maximum Gasteiger partial charge on any atom is 0.219 e. The third-order valence-corrected chi connectivity index (χ3v) is 4.54. The Bertz CT molecular complexity index is 382. The minimum absolute atomic E-state index is 0.166. The second-order valence-corrected chi connectivity index (χ2v) is 6.29. The van der Waals surface area contributed by atoms with Crippen molar-refractivity contribution in [3.05, 3.63) is 0 Å². The molecule has 2 aliphatic rings. The first-order chi connectivity index (χ1) is 10.0. The summed E-state index contributed by atoms with van der Waals surface area (Å²) >= 11 is 0. The Labute approximate surface area is 128 Å². The van der Waals surface area contributed by atoms with Crippen LogP contribution in [0.3, 0.4) is 0 Å². The lowest BCUT2D eigenvalue weighted by Crippen LogP contribution is -2.55. The van der Waals surface area contributed by atoms with Gasteiger partial charge in [0, 0.05) is 52.7 Å². The van der Waals surface area contributed by atoms with Crippen LogP contribution >= 0.6 is 0 Å². The summed E-state index contributed by atoms with van der Waals surface area (Å²) in [7, 11) is 6.14. The second kappa shape index (κ2) is 7.11. The summed E-state index contributed by atoms with van der Waals surface area (Å²) in [5.41, 5.74) is 0. The molecule has 1 heterocycles. The minimum Gasteiger partial charge on any atom is -0.355 e. The van der Waals surface area contributed by atoms with Crippen molar-refractivity contribution in [2.45, 2.75) is 25.8 Å². The zero-order chi connectivity index (χ0) is 15.4. The lowest BCUT2D eigenvalue weighted by atomic mass is 10.1. The number of hydrogen-bond acceptors (Lipinski definition) is 3. The Morgan fingerprint density at radius 3 is 2.24 bits per heavy atom. The van der Waals surface area contributed by atoms with E-state index < -0.39 is 0 Å². The van der Waals surface area contributed by atoms with Gasteiger partial charge in [-0.1, -0.05) is 0 Å². The molecule has 0 aromatic rings. The van der Waals surface area contributed by atoms with E-state index in [0.29, 0.717) is 6.04 Å². The van der Waals surface area contributed by atoms with E-state index in [1.165, 1.54) is 12.8 Å². The number of likely N-dealkylation sites (N-methyl/N-ethyl adjacent to an activating group) is 1. The number of rotatable bonds is 4. The Morgan fingerprint density at radius 1 is 1.24 bits per heavy atom. The van der Waals surface area contributed by atoms with E-state index in [1.54, 1.807) is 6.92 Å². The molecule has 0 bridgehead atoms. The summed E-state index contributed by atoms with van der Waals surface area (Å²) < 4.78 is 0. The fourth-order valence-electron chi connectivity index (χ4n) is 3.01. The van der Waals surface area contributed by atoms with Crippen LogP contribution in [0.1, 0.15) is 19.8 Å². The first-order valence-electron chi connectivity index (χ1n) is 7.90. The second-order valence-electron chi connectivity index (χ2n) is 6.29. The molecule has 0 radical (unpaired) electrons. The SMILES string of the molecule is CN=C(NCC(C1CC1)N(C)C)N1CCN(C(C)=O)CC1. The molecule has 21 heavy (non-hydrogen) atoms. The molecule has 0 spiro atoms. The molecule has 6 heteroatoms. The van der Waals surface area contributed by atoms with Crippen LogP contribution in [0.2, 0.25) is 0 Å². The summed E-state index contributed by atoms with van der Waals surface area (Å²) in [6.07, 6.45) is 2.70. The lowest BCUT2D eigenvalue weighted by Gasteiger charge is -2.36. The lowest BCUT2D eigenvalue weighted by molar-refractivity contribution is -0.130. The Morgan fingerprint density at radius 2 is 1.81 bits per heavy atom. The number of guanidine groups is 1. The average molecular weight is 295 g/mol. The fourth-order valence-corrected chi connectivity index (χ4v) is 3.01. The Balaban J connectivity index is 1.82. The maximum absolute atomic E-state index is 11.4. The van der Waals surface area contributed by atoms with E-state index in [0.717, 1.165) is 44.6 Å². The van der Waals surface area contributed by atoms with E-state index in [-0.39, 0.29) is 5.91 Å². The molecule has 1 aliphatic heterocycles. The van der Waals surface area contributed by atoms with Crippen molar-refractivity contribution in [2.24, 2.45) is 10.9 Å². The Hall–Kier alpha value is -1.30. The molecule has 2 fully saturated rings. The summed E-state index contributed by atoms with van der Waals surface area (Å²) in [6, 6.07) is 0.584. The van der Waals surface area contributed by atoms with Crippen molar-refractivity contribution in [1.82, 2.24) is 20.0 Å². The molecule has 1 aliphatic carbocycles. The molecular formula is C15H29N5O. The van der Waals surface area contributed by atoms with E-state index in [4.69, 9.17) is 0 Å². The quantitative estimate of drug-likeness (QED) is 0.589. The summed E-state index contributed by atoms with van der Waals surface area (Å²) in [5, 5.41) is 3.52. The minimum atomic E-state index is 0.166. The number of hydrogen-bond donors (Lipinski definition) is 1. The van der Waals surface area contributed by atoms with Crippen molar-refractivity contribution in [1.29, 1.82) is 0 Å².